The highest BCUT2D eigenvalue weighted by Gasteiger charge is 2.22. The van der Waals surface area contributed by atoms with Gasteiger partial charge in [-0.1, -0.05) is 54.6 Å². The maximum Gasteiger partial charge on any atom is 0.328 e. The van der Waals surface area contributed by atoms with Crippen LogP contribution >= 0.6 is 0 Å². The number of fused-ring (bicyclic) bond motifs is 1. The third-order valence-corrected chi connectivity index (χ3v) is 5.47. The number of methoxy groups -OCH3 is 1. The summed E-state index contributed by atoms with van der Waals surface area (Å²) < 4.78 is 11.6. The molecule has 0 saturated carbocycles. The highest BCUT2D eigenvalue weighted by molar-refractivity contribution is 6.06. The molecule has 2 N–H and O–H groups in total. The summed E-state index contributed by atoms with van der Waals surface area (Å²) >= 11 is 0. The van der Waals surface area contributed by atoms with E-state index in [0.29, 0.717) is 17.3 Å². The largest absolute Gasteiger partial charge is 0.497 e. The van der Waals surface area contributed by atoms with E-state index in [-0.39, 0.29) is 0 Å². The summed E-state index contributed by atoms with van der Waals surface area (Å²) in [4.78, 5) is 19.8. The van der Waals surface area contributed by atoms with Crippen LogP contribution in [0.25, 0.3) is 39.6 Å². The molecule has 2 heterocycles. The first-order valence-electron chi connectivity index (χ1n) is 10.9. The summed E-state index contributed by atoms with van der Waals surface area (Å²) in [5, 5.41) is 13.0. The highest BCUT2D eigenvalue weighted by atomic mass is 16.5. The van der Waals surface area contributed by atoms with Crippen molar-refractivity contribution in [3.05, 3.63) is 96.8 Å². The summed E-state index contributed by atoms with van der Waals surface area (Å²) in [5.74, 6) is 1.01. The molecule has 0 saturated heterocycles. The molecule has 0 atom stereocenters. The molecule has 172 valence electrons. The minimum Gasteiger partial charge on any atom is -0.497 e. The second-order valence-electron chi connectivity index (χ2n) is 7.73. The lowest BCUT2D eigenvalue weighted by molar-refractivity contribution is -0.131. The maximum atomic E-state index is 10.9. The predicted octanol–water partition coefficient (Wildman–Crippen LogP) is 6.41. The first kappa shape index (κ1) is 21.9. The normalized spacial score (nSPS) is 11.1. The lowest BCUT2D eigenvalue weighted by Crippen LogP contribution is -1.96. The number of hydrogen-bond donors (Lipinski definition) is 2. The van der Waals surface area contributed by atoms with Crippen molar-refractivity contribution in [1.82, 2.24) is 9.97 Å². The fourth-order valence-electron chi connectivity index (χ4n) is 3.88. The number of nitrogens with zero attached hydrogens (tertiary/aromatic N) is 2. The molecule has 0 unspecified atom stereocenters. The third-order valence-electron chi connectivity index (χ3n) is 5.47. The molecule has 0 spiro atoms. The predicted molar refractivity (Wildman–Crippen MR) is 136 cm³/mol. The van der Waals surface area contributed by atoms with Gasteiger partial charge in [-0.05, 0) is 41.5 Å². The van der Waals surface area contributed by atoms with Crippen molar-refractivity contribution < 1.29 is 19.1 Å². The number of anilines is 2. The van der Waals surface area contributed by atoms with E-state index < -0.39 is 5.97 Å². The number of rotatable bonds is 7. The molecule has 7 heteroatoms. The molecule has 0 amide bonds. The van der Waals surface area contributed by atoms with Gasteiger partial charge in [-0.25, -0.2) is 14.8 Å². The van der Waals surface area contributed by atoms with Gasteiger partial charge >= 0.3 is 5.97 Å². The molecular formula is C28H21N3O4. The van der Waals surface area contributed by atoms with E-state index in [1.54, 1.807) is 7.11 Å². The van der Waals surface area contributed by atoms with E-state index in [0.717, 1.165) is 45.2 Å². The minimum absolute atomic E-state index is 0.453. The fourth-order valence-corrected chi connectivity index (χ4v) is 3.88. The van der Waals surface area contributed by atoms with E-state index in [2.05, 4.69) is 15.3 Å². The first-order chi connectivity index (χ1) is 17.1. The Morgan fingerprint density at radius 3 is 2.51 bits per heavy atom. The highest BCUT2D eigenvalue weighted by Crippen LogP contribution is 2.43. The van der Waals surface area contributed by atoms with E-state index in [9.17, 15) is 4.79 Å². The second-order valence-corrected chi connectivity index (χ2v) is 7.73. The number of hydrogen-bond acceptors (Lipinski definition) is 6. The quantitative estimate of drug-likeness (QED) is 0.269. The van der Waals surface area contributed by atoms with Crippen LogP contribution in [-0.2, 0) is 4.79 Å². The molecule has 0 fully saturated rings. The summed E-state index contributed by atoms with van der Waals surface area (Å²) in [7, 11) is 1.63. The zero-order chi connectivity index (χ0) is 24.2. The third kappa shape index (κ3) is 4.60. The number of nitrogens with one attached hydrogen (secondary N) is 1. The smallest absolute Gasteiger partial charge is 0.328 e. The molecule has 2 aromatic heterocycles. The van der Waals surface area contributed by atoms with Crippen LogP contribution in [0.1, 0.15) is 5.56 Å². The number of ether oxygens (including phenoxy) is 1. The van der Waals surface area contributed by atoms with E-state index >= 15 is 0 Å². The lowest BCUT2D eigenvalue weighted by atomic mass is 9.99. The van der Waals surface area contributed by atoms with Gasteiger partial charge in [0, 0.05) is 22.9 Å². The van der Waals surface area contributed by atoms with Crippen molar-refractivity contribution in [2.45, 2.75) is 0 Å². The standard InChI is InChI=1S/C28H21N3O4/c1-34-22-13-11-19(12-14-22)24-25-27(31-21-9-5-6-18(16-21)10-15-23(32)33)29-17-30-28(25)35-26(24)20-7-3-2-4-8-20/h2-17H,1H3,(H,32,33)(H,29,30,31). The summed E-state index contributed by atoms with van der Waals surface area (Å²) in [6.07, 6.45) is 4.10. The van der Waals surface area contributed by atoms with Crippen LogP contribution in [0, 0.1) is 0 Å². The Kier molecular flexibility index (Phi) is 5.96. The Balaban J connectivity index is 1.67. The SMILES string of the molecule is COc1ccc(-c2c(-c3ccccc3)oc3ncnc(Nc4cccc(C=CC(=O)O)c4)c23)cc1. The van der Waals surface area contributed by atoms with Crippen LogP contribution in [0.4, 0.5) is 11.5 Å². The Labute approximate surface area is 201 Å². The summed E-state index contributed by atoms with van der Waals surface area (Å²) in [6.45, 7) is 0. The van der Waals surface area contributed by atoms with Crippen LogP contribution in [0.2, 0.25) is 0 Å². The molecule has 0 bridgehead atoms. The van der Waals surface area contributed by atoms with Crippen LogP contribution in [-0.4, -0.2) is 28.2 Å². The van der Waals surface area contributed by atoms with Gasteiger partial charge in [0.25, 0.3) is 0 Å². The average Bonchev–Trinajstić information content (AvgIpc) is 3.29. The summed E-state index contributed by atoms with van der Waals surface area (Å²) in [6, 6.07) is 25.0. The summed E-state index contributed by atoms with van der Waals surface area (Å²) in [5.41, 5.74) is 4.66. The fraction of sp³-hybridized carbons (Fsp3) is 0.0357. The van der Waals surface area contributed by atoms with Crippen molar-refractivity contribution >= 4 is 34.7 Å². The van der Waals surface area contributed by atoms with E-state index in [1.807, 2.05) is 78.9 Å². The average molecular weight is 463 g/mol. The molecule has 0 aliphatic heterocycles. The van der Waals surface area contributed by atoms with Crippen LogP contribution < -0.4 is 10.1 Å². The van der Waals surface area contributed by atoms with Crippen LogP contribution in [0.5, 0.6) is 5.75 Å². The van der Waals surface area contributed by atoms with Crippen LogP contribution in [0.3, 0.4) is 0 Å². The van der Waals surface area contributed by atoms with Gasteiger partial charge in [0.2, 0.25) is 5.71 Å². The zero-order valence-corrected chi connectivity index (χ0v) is 18.8. The molecule has 0 aliphatic carbocycles. The van der Waals surface area contributed by atoms with Gasteiger partial charge in [0.05, 0.1) is 12.5 Å². The zero-order valence-electron chi connectivity index (χ0n) is 18.8. The van der Waals surface area contributed by atoms with Gasteiger partial charge in [-0.2, -0.15) is 0 Å². The van der Waals surface area contributed by atoms with Gasteiger partial charge in [0.1, 0.15) is 23.7 Å². The first-order valence-corrected chi connectivity index (χ1v) is 10.9. The van der Waals surface area contributed by atoms with Crippen molar-refractivity contribution in [2.24, 2.45) is 0 Å². The molecular weight excluding hydrogens is 442 g/mol. The molecule has 35 heavy (non-hydrogen) atoms. The van der Waals surface area contributed by atoms with Crippen LogP contribution in [0.15, 0.2) is 95.7 Å². The number of carboxylic acids is 1. The number of carboxylic acid groups (broad SMARTS) is 1. The van der Waals surface area contributed by atoms with Gasteiger partial charge < -0.3 is 19.6 Å². The molecule has 5 aromatic rings. The number of furan rings is 1. The van der Waals surface area contributed by atoms with Crippen molar-refractivity contribution in [1.29, 1.82) is 0 Å². The Morgan fingerprint density at radius 2 is 1.77 bits per heavy atom. The molecule has 5 rings (SSSR count). The molecule has 7 nitrogen and oxygen atoms in total. The molecule has 0 radical (unpaired) electrons. The van der Waals surface area contributed by atoms with Gasteiger partial charge in [-0.15, -0.1) is 0 Å². The van der Waals surface area contributed by atoms with Gasteiger partial charge in [0.15, 0.2) is 0 Å². The number of benzene rings is 3. The minimum atomic E-state index is -1.00. The lowest BCUT2D eigenvalue weighted by Gasteiger charge is -2.10. The second kappa shape index (κ2) is 9.52. The van der Waals surface area contributed by atoms with Crippen molar-refractivity contribution in [2.75, 3.05) is 12.4 Å². The number of aromatic nitrogens is 2. The Bertz CT molecular complexity index is 1520. The Hall–Kier alpha value is -4.91. The monoisotopic (exact) mass is 463 g/mol. The number of aliphatic carboxylic acids is 1. The maximum absolute atomic E-state index is 10.9. The Morgan fingerprint density at radius 1 is 0.971 bits per heavy atom. The van der Waals surface area contributed by atoms with Crippen molar-refractivity contribution in [3.8, 4) is 28.2 Å². The molecule has 3 aromatic carbocycles. The van der Waals surface area contributed by atoms with Gasteiger partial charge in [-0.3, -0.25) is 0 Å². The van der Waals surface area contributed by atoms with E-state index in [4.69, 9.17) is 14.3 Å². The van der Waals surface area contributed by atoms with E-state index in [1.165, 1.54) is 12.4 Å². The molecule has 0 aliphatic rings. The van der Waals surface area contributed by atoms with Crippen molar-refractivity contribution in [3.63, 3.8) is 0 Å². The topological polar surface area (TPSA) is 97.5 Å². The number of carbonyl (C=O) groups is 1.